The Labute approximate surface area is 305 Å². The van der Waals surface area contributed by atoms with Crippen molar-refractivity contribution < 1.29 is 14.8 Å². The van der Waals surface area contributed by atoms with Crippen molar-refractivity contribution in [1.29, 1.82) is 0 Å². The Kier molecular flexibility index (Phi) is 6.88. The molecule has 6 nitrogen and oxygen atoms in total. The maximum Gasteiger partial charge on any atom is 0.271 e. The van der Waals surface area contributed by atoms with Gasteiger partial charge in [-0.3, -0.25) is 18.7 Å². The Balaban J connectivity index is 1.18. The van der Waals surface area contributed by atoms with Gasteiger partial charge in [0, 0.05) is 40.8 Å². The molecule has 51 heavy (non-hydrogen) atoms. The van der Waals surface area contributed by atoms with Crippen molar-refractivity contribution in [2.45, 2.75) is 54.3 Å². The number of rotatable bonds is 7. The zero-order valence-electron chi connectivity index (χ0n) is 33.8. The SMILES string of the molecule is [2H]C([2H])(c1cccc(-[n+]2[c-]n(-c3cc(Oc4ccc5c6ccccc6n(-c6cc(C([2H])([2H])C(C)(C)C)ccn6)c5c4)ccn3)c3ccccc32)c1)C(C)(C)C. The molecule has 8 rings (SSSR count). The summed E-state index contributed by atoms with van der Waals surface area (Å²) >= 11 is 0. The fourth-order valence-electron chi connectivity index (χ4n) is 6.61. The van der Waals surface area contributed by atoms with Gasteiger partial charge in [-0.15, -0.1) is 0 Å². The first-order valence-electron chi connectivity index (χ1n) is 19.2. The molecule has 0 saturated heterocycles. The Morgan fingerprint density at radius 2 is 1.29 bits per heavy atom. The standard InChI is InChI=1S/C45H43N5O/c1-44(2,3)28-31-12-11-13-33(24-31)48-30-49(40-17-10-9-16-39(40)48)42-27-35(21-23-46-42)51-34-18-19-37-36-14-7-8-15-38(36)50(41(37)26-34)43-25-32(20-22-47-43)29-45(4,5)6/h7-27H,28-29H2,1-6H3/i28D2,29D2. The summed E-state index contributed by atoms with van der Waals surface area (Å²) in [5.74, 6) is 2.45. The van der Waals surface area contributed by atoms with Gasteiger partial charge in [-0.2, -0.15) is 0 Å². The molecule has 8 aromatic rings. The molecular formula is C45H43N5O. The summed E-state index contributed by atoms with van der Waals surface area (Å²) in [4.78, 5) is 9.44. The second-order valence-corrected chi connectivity index (χ2v) is 14.9. The van der Waals surface area contributed by atoms with E-state index in [2.05, 4.69) is 29.1 Å². The number of pyridine rings is 2. The summed E-state index contributed by atoms with van der Waals surface area (Å²) in [5, 5.41) is 2.09. The number of nitrogens with zero attached hydrogens (tertiary/aromatic N) is 5. The Bertz CT molecular complexity index is 2740. The fourth-order valence-corrected chi connectivity index (χ4v) is 6.61. The quantitative estimate of drug-likeness (QED) is 0.125. The molecule has 0 aliphatic heterocycles. The normalized spacial score (nSPS) is 14.0. The molecule has 0 bridgehead atoms. The van der Waals surface area contributed by atoms with E-state index in [1.54, 1.807) is 18.5 Å². The smallest absolute Gasteiger partial charge is 0.271 e. The van der Waals surface area contributed by atoms with Crippen LogP contribution in [0, 0.1) is 17.2 Å². The van der Waals surface area contributed by atoms with Crippen LogP contribution in [0.3, 0.4) is 0 Å². The third-order valence-corrected chi connectivity index (χ3v) is 8.51. The van der Waals surface area contributed by atoms with E-state index in [-0.39, 0.29) is 0 Å². The number of aromatic nitrogens is 5. The van der Waals surface area contributed by atoms with E-state index in [0.29, 0.717) is 34.3 Å². The van der Waals surface area contributed by atoms with E-state index in [1.807, 2.05) is 142 Å². The van der Waals surface area contributed by atoms with Crippen LogP contribution in [-0.4, -0.2) is 19.1 Å². The van der Waals surface area contributed by atoms with E-state index >= 15 is 0 Å². The van der Waals surface area contributed by atoms with Gasteiger partial charge >= 0.3 is 0 Å². The van der Waals surface area contributed by atoms with Crippen LogP contribution in [-0.2, 0) is 12.7 Å². The summed E-state index contributed by atoms with van der Waals surface area (Å²) in [6, 6.07) is 37.0. The van der Waals surface area contributed by atoms with Crippen LogP contribution < -0.4 is 9.30 Å². The van der Waals surface area contributed by atoms with Crippen molar-refractivity contribution in [3.05, 3.63) is 145 Å². The van der Waals surface area contributed by atoms with Gasteiger partial charge in [-0.05, 0) is 77.7 Å². The van der Waals surface area contributed by atoms with Gasteiger partial charge in [0.05, 0.1) is 27.8 Å². The monoisotopic (exact) mass is 673 g/mol. The Morgan fingerprint density at radius 1 is 0.627 bits per heavy atom. The summed E-state index contributed by atoms with van der Waals surface area (Å²) < 4.78 is 48.1. The summed E-state index contributed by atoms with van der Waals surface area (Å²) in [5.41, 5.74) is 4.40. The van der Waals surface area contributed by atoms with Gasteiger partial charge in [-0.25, -0.2) is 4.98 Å². The zero-order chi connectivity index (χ0) is 38.9. The van der Waals surface area contributed by atoms with Gasteiger partial charge in [0.2, 0.25) is 0 Å². The van der Waals surface area contributed by atoms with Crippen molar-refractivity contribution in [3.8, 4) is 28.8 Å². The summed E-state index contributed by atoms with van der Waals surface area (Å²) in [6.45, 7) is 11.5. The van der Waals surface area contributed by atoms with E-state index in [1.165, 1.54) is 0 Å². The van der Waals surface area contributed by atoms with Crippen molar-refractivity contribution in [3.63, 3.8) is 0 Å². The highest BCUT2D eigenvalue weighted by molar-refractivity contribution is 6.09. The van der Waals surface area contributed by atoms with Crippen molar-refractivity contribution in [2.75, 3.05) is 0 Å². The minimum Gasteiger partial charge on any atom is -0.458 e. The average Bonchev–Trinajstić information content (AvgIpc) is 3.70. The van der Waals surface area contributed by atoms with Gasteiger partial charge < -0.3 is 4.74 Å². The molecule has 0 atom stereocenters. The summed E-state index contributed by atoms with van der Waals surface area (Å²) in [6.07, 6.45) is 3.74. The molecule has 0 unspecified atom stereocenters. The molecule has 0 radical (unpaired) electrons. The minimum absolute atomic E-state index is 0.571. The van der Waals surface area contributed by atoms with Crippen LogP contribution in [0.15, 0.2) is 128 Å². The van der Waals surface area contributed by atoms with E-state index in [9.17, 15) is 0 Å². The molecular weight excluding hydrogens is 627 g/mol. The number of imidazole rings is 1. The summed E-state index contributed by atoms with van der Waals surface area (Å²) in [7, 11) is 0. The molecule has 4 aromatic heterocycles. The predicted octanol–water partition coefficient (Wildman–Crippen LogP) is 10.6. The number of hydrogen-bond acceptors (Lipinski definition) is 3. The highest BCUT2D eigenvalue weighted by Gasteiger charge is 2.18. The van der Waals surface area contributed by atoms with Gasteiger partial charge in [0.15, 0.2) is 5.82 Å². The lowest BCUT2D eigenvalue weighted by Crippen LogP contribution is -2.29. The van der Waals surface area contributed by atoms with Crippen LogP contribution in [0.1, 0.15) is 58.2 Å². The van der Waals surface area contributed by atoms with Crippen molar-refractivity contribution >= 4 is 32.8 Å². The maximum absolute atomic E-state index is 8.93. The Morgan fingerprint density at radius 3 is 2.10 bits per heavy atom. The van der Waals surface area contributed by atoms with Gasteiger partial charge in [0.1, 0.15) is 17.3 Å². The van der Waals surface area contributed by atoms with Crippen molar-refractivity contribution in [2.24, 2.45) is 10.8 Å². The number of para-hydroxylation sites is 3. The van der Waals surface area contributed by atoms with Crippen LogP contribution in [0.5, 0.6) is 11.5 Å². The van der Waals surface area contributed by atoms with E-state index in [4.69, 9.17) is 20.2 Å². The topological polar surface area (TPSA) is 48.8 Å². The molecule has 0 amide bonds. The number of benzene rings is 4. The predicted molar refractivity (Wildman–Crippen MR) is 206 cm³/mol. The molecule has 6 heteroatoms. The number of fused-ring (bicyclic) bond motifs is 4. The fraction of sp³-hybridized carbons (Fsp3) is 0.222. The average molecular weight is 674 g/mol. The van der Waals surface area contributed by atoms with Crippen LogP contribution in [0.25, 0.3) is 50.2 Å². The van der Waals surface area contributed by atoms with Crippen LogP contribution in [0.2, 0.25) is 0 Å². The van der Waals surface area contributed by atoms with Gasteiger partial charge in [-0.1, -0.05) is 102 Å². The van der Waals surface area contributed by atoms with Gasteiger partial charge in [0.25, 0.3) is 6.33 Å². The van der Waals surface area contributed by atoms with Crippen LogP contribution in [0.4, 0.5) is 0 Å². The van der Waals surface area contributed by atoms with Crippen molar-refractivity contribution in [1.82, 2.24) is 19.1 Å². The molecule has 0 N–H and O–H groups in total. The second-order valence-electron chi connectivity index (χ2n) is 14.9. The van der Waals surface area contributed by atoms with Crippen LogP contribution >= 0.6 is 0 Å². The highest BCUT2D eigenvalue weighted by Crippen LogP contribution is 2.35. The Hall–Kier alpha value is -5.75. The highest BCUT2D eigenvalue weighted by atomic mass is 16.5. The number of ether oxygens (including phenoxy) is 1. The molecule has 4 aromatic carbocycles. The molecule has 0 saturated carbocycles. The molecule has 0 fully saturated rings. The zero-order valence-corrected chi connectivity index (χ0v) is 29.8. The molecule has 254 valence electrons. The van der Waals surface area contributed by atoms with E-state index in [0.717, 1.165) is 38.5 Å². The molecule has 4 heterocycles. The third-order valence-electron chi connectivity index (χ3n) is 8.51. The largest absolute Gasteiger partial charge is 0.458 e. The minimum atomic E-state index is -1.58. The lowest BCUT2D eigenvalue weighted by atomic mass is 9.88. The first-order chi connectivity index (χ1) is 26.0. The first kappa shape index (κ1) is 28.0. The van der Waals surface area contributed by atoms with E-state index < -0.39 is 23.6 Å². The molecule has 0 aliphatic carbocycles. The maximum atomic E-state index is 8.93. The lowest BCUT2D eigenvalue weighted by molar-refractivity contribution is -0.572. The third kappa shape index (κ3) is 6.62. The lowest BCUT2D eigenvalue weighted by Gasteiger charge is -2.18. The second kappa shape index (κ2) is 12.5. The number of hydrogen-bond donors (Lipinski definition) is 0. The molecule has 0 aliphatic rings. The molecule has 0 spiro atoms. The first-order valence-corrected chi connectivity index (χ1v) is 17.2.